The number of hydrogen-bond donors (Lipinski definition) is 2. The van der Waals surface area contributed by atoms with Gasteiger partial charge in [-0.25, -0.2) is 4.79 Å². The Labute approximate surface area is 145 Å². The Balaban J connectivity index is 1.69. The van der Waals surface area contributed by atoms with Crippen molar-refractivity contribution in [3.8, 4) is 17.0 Å². The van der Waals surface area contributed by atoms with E-state index >= 15 is 0 Å². The van der Waals surface area contributed by atoms with Gasteiger partial charge in [-0.05, 0) is 61.0 Å². The molecule has 6 nitrogen and oxygen atoms in total. The Kier molecular flexibility index (Phi) is 4.99. The van der Waals surface area contributed by atoms with Gasteiger partial charge in [-0.2, -0.15) is 5.10 Å². The average Bonchev–Trinajstić information content (AvgIpc) is 3.11. The second kappa shape index (κ2) is 7.53. The maximum Gasteiger partial charge on any atom is 0.338 e. The van der Waals surface area contributed by atoms with Crippen LogP contribution in [0.4, 0.5) is 11.5 Å². The van der Waals surface area contributed by atoms with E-state index in [1.807, 2.05) is 42.5 Å². The van der Waals surface area contributed by atoms with Gasteiger partial charge in [0.25, 0.3) is 0 Å². The number of nitrogens with zero attached hydrogens (tertiary/aromatic N) is 1. The van der Waals surface area contributed by atoms with Gasteiger partial charge in [0.2, 0.25) is 0 Å². The minimum atomic E-state index is -0.324. The Hall–Kier alpha value is -3.28. The zero-order valence-electron chi connectivity index (χ0n) is 14.1. The first-order chi connectivity index (χ1) is 12.2. The van der Waals surface area contributed by atoms with Gasteiger partial charge in [0, 0.05) is 11.8 Å². The summed E-state index contributed by atoms with van der Waals surface area (Å²) in [5.41, 5.74) is 3.27. The van der Waals surface area contributed by atoms with Gasteiger partial charge in [0.15, 0.2) is 5.82 Å². The molecule has 0 aliphatic rings. The number of hydrogen-bond acceptors (Lipinski definition) is 5. The lowest BCUT2D eigenvalue weighted by Crippen LogP contribution is -2.04. The predicted molar refractivity (Wildman–Crippen MR) is 96.3 cm³/mol. The molecular weight excluding hydrogens is 318 g/mol. The molecule has 0 bridgehead atoms. The third kappa shape index (κ3) is 3.98. The van der Waals surface area contributed by atoms with Crippen molar-refractivity contribution in [1.82, 2.24) is 10.2 Å². The van der Waals surface area contributed by atoms with Gasteiger partial charge in [-0.3, -0.25) is 5.10 Å². The monoisotopic (exact) mass is 337 g/mol. The Bertz CT molecular complexity index is 839. The van der Waals surface area contributed by atoms with Gasteiger partial charge in [0.1, 0.15) is 5.75 Å². The standard InChI is InChI=1S/C19H19N3O3/c1-3-25-19(23)14-4-8-15(9-5-14)20-18-12-17(21-22-18)13-6-10-16(24-2)11-7-13/h4-12H,3H2,1-2H3,(H2,20,21,22). The number of nitrogens with one attached hydrogen (secondary N) is 2. The molecule has 0 fully saturated rings. The van der Waals surface area contributed by atoms with Gasteiger partial charge in [0.05, 0.1) is 25.0 Å². The molecule has 0 saturated carbocycles. The van der Waals surface area contributed by atoms with Crippen molar-refractivity contribution in [2.24, 2.45) is 0 Å². The number of benzene rings is 2. The fourth-order valence-electron chi connectivity index (χ4n) is 2.36. The zero-order valence-corrected chi connectivity index (χ0v) is 14.1. The first-order valence-electron chi connectivity index (χ1n) is 7.93. The summed E-state index contributed by atoms with van der Waals surface area (Å²) in [4.78, 5) is 11.7. The van der Waals surface area contributed by atoms with Gasteiger partial charge < -0.3 is 14.8 Å². The number of methoxy groups -OCH3 is 1. The molecule has 0 saturated heterocycles. The molecule has 1 heterocycles. The summed E-state index contributed by atoms with van der Waals surface area (Å²) in [5, 5.41) is 10.5. The van der Waals surface area contributed by atoms with Gasteiger partial charge in [-0.15, -0.1) is 0 Å². The number of aromatic amines is 1. The van der Waals surface area contributed by atoms with Crippen LogP contribution in [-0.4, -0.2) is 29.9 Å². The van der Waals surface area contributed by atoms with E-state index in [0.29, 0.717) is 18.0 Å². The minimum absolute atomic E-state index is 0.324. The van der Waals surface area contributed by atoms with E-state index in [2.05, 4.69) is 15.5 Å². The van der Waals surface area contributed by atoms with Crippen LogP contribution >= 0.6 is 0 Å². The van der Waals surface area contributed by atoms with Crippen LogP contribution in [0, 0.1) is 0 Å². The number of esters is 1. The number of ether oxygens (including phenoxy) is 2. The summed E-state index contributed by atoms with van der Waals surface area (Å²) >= 11 is 0. The Morgan fingerprint density at radius 1 is 1.12 bits per heavy atom. The second-order valence-corrected chi connectivity index (χ2v) is 5.32. The third-order valence-electron chi connectivity index (χ3n) is 3.65. The van der Waals surface area contributed by atoms with Crippen LogP contribution in [0.25, 0.3) is 11.3 Å². The normalized spacial score (nSPS) is 10.3. The highest BCUT2D eigenvalue weighted by atomic mass is 16.5. The molecule has 25 heavy (non-hydrogen) atoms. The van der Waals surface area contributed by atoms with Crippen LogP contribution in [-0.2, 0) is 4.74 Å². The Morgan fingerprint density at radius 3 is 2.48 bits per heavy atom. The highest BCUT2D eigenvalue weighted by Gasteiger charge is 2.07. The van der Waals surface area contributed by atoms with E-state index in [0.717, 1.165) is 22.7 Å². The smallest absolute Gasteiger partial charge is 0.338 e. The Morgan fingerprint density at radius 2 is 1.84 bits per heavy atom. The van der Waals surface area contributed by atoms with Crippen LogP contribution in [0.3, 0.4) is 0 Å². The van der Waals surface area contributed by atoms with E-state index in [1.165, 1.54) is 0 Å². The van der Waals surface area contributed by atoms with Crippen molar-refractivity contribution < 1.29 is 14.3 Å². The predicted octanol–water partition coefficient (Wildman–Crippen LogP) is 4.01. The fraction of sp³-hybridized carbons (Fsp3) is 0.158. The van der Waals surface area contributed by atoms with Crippen molar-refractivity contribution in [2.75, 3.05) is 19.0 Å². The second-order valence-electron chi connectivity index (χ2n) is 5.32. The molecule has 2 aromatic carbocycles. The largest absolute Gasteiger partial charge is 0.497 e. The van der Waals surface area contributed by atoms with Crippen molar-refractivity contribution >= 4 is 17.5 Å². The lowest BCUT2D eigenvalue weighted by atomic mass is 10.1. The molecule has 3 rings (SSSR count). The quantitative estimate of drug-likeness (QED) is 0.665. The van der Waals surface area contributed by atoms with Crippen molar-refractivity contribution in [3.63, 3.8) is 0 Å². The average molecular weight is 337 g/mol. The van der Waals surface area contributed by atoms with Crippen molar-refractivity contribution in [1.29, 1.82) is 0 Å². The van der Waals surface area contributed by atoms with E-state index in [-0.39, 0.29) is 5.97 Å². The molecule has 128 valence electrons. The van der Waals surface area contributed by atoms with Gasteiger partial charge in [-0.1, -0.05) is 0 Å². The highest BCUT2D eigenvalue weighted by Crippen LogP contribution is 2.24. The molecule has 0 radical (unpaired) electrons. The van der Waals surface area contributed by atoms with Gasteiger partial charge >= 0.3 is 5.97 Å². The summed E-state index contributed by atoms with van der Waals surface area (Å²) in [6.45, 7) is 2.14. The fourth-order valence-corrected chi connectivity index (χ4v) is 2.36. The van der Waals surface area contributed by atoms with Crippen LogP contribution in [0.2, 0.25) is 0 Å². The molecule has 0 atom stereocenters. The lowest BCUT2D eigenvalue weighted by Gasteiger charge is -2.04. The molecule has 1 aromatic heterocycles. The molecule has 3 aromatic rings. The van der Waals surface area contributed by atoms with Crippen LogP contribution in [0.1, 0.15) is 17.3 Å². The topological polar surface area (TPSA) is 76.2 Å². The zero-order chi connectivity index (χ0) is 17.6. The number of carbonyl (C=O) groups is 1. The van der Waals surface area contributed by atoms with Crippen molar-refractivity contribution in [3.05, 3.63) is 60.2 Å². The summed E-state index contributed by atoms with van der Waals surface area (Å²) in [6.07, 6.45) is 0. The summed E-state index contributed by atoms with van der Waals surface area (Å²) in [6, 6.07) is 16.7. The van der Waals surface area contributed by atoms with E-state index < -0.39 is 0 Å². The number of rotatable bonds is 6. The molecule has 0 amide bonds. The van der Waals surface area contributed by atoms with Crippen LogP contribution in [0.5, 0.6) is 5.75 Å². The number of carbonyl (C=O) groups excluding carboxylic acids is 1. The number of anilines is 2. The van der Waals surface area contributed by atoms with Crippen LogP contribution < -0.4 is 10.1 Å². The van der Waals surface area contributed by atoms with E-state index in [4.69, 9.17) is 9.47 Å². The van der Waals surface area contributed by atoms with Crippen LogP contribution in [0.15, 0.2) is 54.6 Å². The molecule has 2 N–H and O–H groups in total. The molecule has 6 heteroatoms. The maximum atomic E-state index is 11.7. The lowest BCUT2D eigenvalue weighted by molar-refractivity contribution is 0.0526. The maximum absolute atomic E-state index is 11.7. The molecule has 0 spiro atoms. The first kappa shape index (κ1) is 16.6. The number of aromatic nitrogens is 2. The molecule has 0 unspecified atom stereocenters. The summed E-state index contributed by atoms with van der Waals surface area (Å²) in [7, 11) is 1.64. The molecular formula is C19H19N3O3. The molecule has 0 aliphatic heterocycles. The number of H-pyrrole nitrogens is 1. The molecule has 0 aliphatic carbocycles. The van der Waals surface area contributed by atoms with E-state index in [9.17, 15) is 4.79 Å². The summed E-state index contributed by atoms with van der Waals surface area (Å²) < 4.78 is 10.1. The summed E-state index contributed by atoms with van der Waals surface area (Å²) in [5.74, 6) is 1.17. The minimum Gasteiger partial charge on any atom is -0.497 e. The SMILES string of the molecule is CCOC(=O)c1ccc(Nc2cc(-c3ccc(OC)cc3)[nH]n2)cc1. The van der Waals surface area contributed by atoms with Crippen molar-refractivity contribution in [2.45, 2.75) is 6.92 Å². The highest BCUT2D eigenvalue weighted by molar-refractivity contribution is 5.89. The first-order valence-corrected chi connectivity index (χ1v) is 7.93. The third-order valence-corrected chi connectivity index (χ3v) is 3.65. The van der Waals surface area contributed by atoms with E-state index in [1.54, 1.807) is 26.2 Å².